The zero-order valence-electron chi connectivity index (χ0n) is 8.46. The molecule has 1 atom stereocenters. The molecule has 84 valence electrons. The van der Waals surface area contributed by atoms with E-state index >= 15 is 0 Å². The molecule has 0 aliphatic heterocycles. The van der Waals surface area contributed by atoms with E-state index in [9.17, 15) is 4.79 Å². The normalized spacial score (nSPS) is 12.7. The number of thioether (sulfide) groups is 1. The maximum absolute atomic E-state index is 11.0. The second kappa shape index (κ2) is 5.66. The third-order valence-electron chi connectivity index (χ3n) is 1.78. The summed E-state index contributed by atoms with van der Waals surface area (Å²) in [5.41, 5.74) is 10.6. The predicted octanol–water partition coefficient (Wildman–Crippen LogP) is -1.01. The lowest BCUT2D eigenvalue weighted by molar-refractivity contribution is -0.117. The Balaban J connectivity index is 2.69. The predicted molar refractivity (Wildman–Crippen MR) is 56.0 cm³/mol. The minimum atomic E-state index is -0.357. The summed E-state index contributed by atoms with van der Waals surface area (Å²) in [6, 6.07) is 0. The highest BCUT2D eigenvalue weighted by Crippen LogP contribution is 2.22. The largest absolute Gasteiger partial charge is 0.369 e. The minimum Gasteiger partial charge on any atom is -0.369 e. The molecule has 0 saturated carbocycles. The Labute approximate surface area is 91.6 Å². The van der Waals surface area contributed by atoms with Gasteiger partial charge < -0.3 is 11.5 Å². The molecule has 1 aromatic heterocycles. The number of hydrogen-bond acceptors (Lipinski definition) is 6. The fraction of sp³-hybridized carbons (Fsp3) is 0.714. The van der Waals surface area contributed by atoms with Crippen molar-refractivity contribution in [2.45, 2.75) is 30.3 Å². The Kier molecular flexibility index (Phi) is 4.50. The van der Waals surface area contributed by atoms with Gasteiger partial charge in [-0.15, -0.1) is 5.10 Å². The van der Waals surface area contributed by atoms with Crippen molar-refractivity contribution in [3.8, 4) is 0 Å². The van der Waals surface area contributed by atoms with E-state index in [1.165, 1.54) is 11.8 Å². The first kappa shape index (κ1) is 11.9. The fourth-order valence-electron chi connectivity index (χ4n) is 1.01. The Morgan fingerprint density at radius 2 is 2.40 bits per heavy atom. The maximum Gasteiger partial charge on any atom is 0.231 e. The summed E-state index contributed by atoms with van der Waals surface area (Å²) in [6.07, 6.45) is 0.648. The third kappa shape index (κ3) is 3.17. The van der Waals surface area contributed by atoms with E-state index in [1.54, 1.807) is 4.68 Å². The molecule has 1 aromatic rings. The van der Waals surface area contributed by atoms with Crippen molar-refractivity contribution in [2.24, 2.45) is 11.5 Å². The number of primary amides is 1. The van der Waals surface area contributed by atoms with Crippen LogP contribution in [0.3, 0.4) is 0 Å². The van der Waals surface area contributed by atoms with Gasteiger partial charge in [-0.3, -0.25) is 4.79 Å². The smallest absolute Gasteiger partial charge is 0.231 e. The molecule has 1 amide bonds. The highest BCUT2D eigenvalue weighted by atomic mass is 32.2. The van der Waals surface area contributed by atoms with E-state index in [1.807, 2.05) is 6.92 Å². The van der Waals surface area contributed by atoms with Crippen LogP contribution >= 0.6 is 11.8 Å². The molecule has 0 fully saturated rings. The summed E-state index contributed by atoms with van der Waals surface area (Å²) in [6.45, 7) is 2.87. The van der Waals surface area contributed by atoms with Gasteiger partial charge in [0.25, 0.3) is 0 Å². The molecular formula is C7H14N6OS. The molecule has 0 spiro atoms. The standard InChI is InChI=1S/C7H14N6OS/c1-2-5(6(9)14)15-7-10-11-12-13(7)4-3-8/h5H,2-4,8H2,1H3,(H2,9,14). The van der Waals surface area contributed by atoms with Crippen LogP contribution in [0.1, 0.15) is 13.3 Å². The Morgan fingerprint density at radius 1 is 1.67 bits per heavy atom. The number of amides is 1. The molecule has 0 aromatic carbocycles. The van der Waals surface area contributed by atoms with Gasteiger partial charge >= 0.3 is 0 Å². The summed E-state index contributed by atoms with van der Waals surface area (Å²) in [5, 5.41) is 11.4. The molecule has 0 saturated heterocycles. The number of tetrazole rings is 1. The number of nitrogens with two attached hydrogens (primary N) is 2. The first-order chi connectivity index (χ1) is 7.19. The van der Waals surface area contributed by atoms with E-state index in [0.29, 0.717) is 24.7 Å². The molecule has 0 aliphatic rings. The van der Waals surface area contributed by atoms with Crippen molar-refractivity contribution in [1.82, 2.24) is 20.2 Å². The summed E-state index contributed by atoms with van der Waals surface area (Å²) < 4.78 is 1.57. The SMILES string of the molecule is CCC(Sc1nnnn1CCN)C(N)=O. The Hall–Kier alpha value is -1.15. The maximum atomic E-state index is 11.0. The van der Waals surface area contributed by atoms with E-state index in [2.05, 4.69) is 15.5 Å². The molecule has 0 radical (unpaired) electrons. The third-order valence-corrected chi connectivity index (χ3v) is 3.13. The topological polar surface area (TPSA) is 113 Å². The molecule has 15 heavy (non-hydrogen) atoms. The highest BCUT2D eigenvalue weighted by Gasteiger charge is 2.18. The van der Waals surface area contributed by atoms with Gasteiger partial charge in [0.05, 0.1) is 11.8 Å². The van der Waals surface area contributed by atoms with Crippen molar-refractivity contribution in [3.63, 3.8) is 0 Å². The molecule has 0 aliphatic carbocycles. The van der Waals surface area contributed by atoms with Crippen molar-refractivity contribution >= 4 is 17.7 Å². The molecule has 8 heteroatoms. The van der Waals surface area contributed by atoms with Crippen LogP contribution in [0.4, 0.5) is 0 Å². The molecule has 1 rings (SSSR count). The average Bonchev–Trinajstić information content (AvgIpc) is 2.62. The van der Waals surface area contributed by atoms with Gasteiger partial charge in [-0.05, 0) is 16.8 Å². The van der Waals surface area contributed by atoms with Crippen LogP contribution in [-0.4, -0.2) is 37.9 Å². The molecule has 4 N–H and O–H groups in total. The lowest BCUT2D eigenvalue weighted by Crippen LogP contribution is -2.25. The molecule has 1 heterocycles. The van der Waals surface area contributed by atoms with Crippen LogP contribution in [-0.2, 0) is 11.3 Å². The second-order valence-corrected chi connectivity index (χ2v) is 4.06. The average molecular weight is 230 g/mol. The second-order valence-electron chi connectivity index (χ2n) is 2.89. The van der Waals surface area contributed by atoms with E-state index in [-0.39, 0.29) is 11.2 Å². The van der Waals surface area contributed by atoms with Crippen LogP contribution in [0.2, 0.25) is 0 Å². The number of carbonyl (C=O) groups excluding carboxylic acids is 1. The summed E-state index contributed by atoms with van der Waals surface area (Å²) in [5.74, 6) is -0.357. The first-order valence-corrected chi connectivity index (χ1v) is 5.49. The van der Waals surface area contributed by atoms with Gasteiger partial charge in [0.2, 0.25) is 11.1 Å². The number of carbonyl (C=O) groups is 1. The lowest BCUT2D eigenvalue weighted by atomic mass is 10.3. The first-order valence-electron chi connectivity index (χ1n) is 4.61. The van der Waals surface area contributed by atoms with Gasteiger partial charge in [0, 0.05) is 6.54 Å². The number of nitrogens with zero attached hydrogens (tertiary/aromatic N) is 4. The highest BCUT2D eigenvalue weighted by molar-refractivity contribution is 8.00. The van der Waals surface area contributed by atoms with Gasteiger partial charge in [-0.1, -0.05) is 18.7 Å². The van der Waals surface area contributed by atoms with E-state index in [4.69, 9.17) is 11.5 Å². The molecule has 0 bridgehead atoms. The van der Waals surface area contributed by atoms with Crippen LogP contribution in [0.15, 0.2) is 5.16 Å². The zero-order chi connectivity index (χ0) is 11.3. The monoisotopic (exact) mass is 230 g/mol. The summed E-state index contributed by atoms with van der Waals surface area (Å²) in [7, 11) is 0. The number of rotatable bonds is 6. The fourth-order valence-corrected chi connectivity index (χ4v) is 1.88. The summed E-state index contributed by atoms with van der Waals surface area (Å²) in [4.78, 5) is 11.0. The molecule has 1 unspecified atom stereocenters. The van der Waals surface area contributed by atoms with Crippen molar-refractivity contribution in [3.05, 3.63) is 0 Å². The van der Waals surface area contributed by atoms with Gasteiger partial charge in [0.15, 0.2) is 0 Å². The van der Waals surface area contributed by atoms with Crippen LogP contribution in [0.5, 0.6) is 0 Å². The molecular weight excluding hydrogens is 216 g/mol. The van der Waals surface area contributed by atoms with Crippen LogP contribution in [0, 0.1) is 0 Å². The van der Waals surface area contributed by atoms with Crippen molar-refractivity contribution < 1.29 is 4.79 Å². The lowest BCUT2D eigenvalue weighted by Gasteiger charge is -2.09. The Morgan fingerprint density at radius 3 is 2.93 bits per heavy atom. The quantitative estimate of drug-likeness (QED) is 0.605. The number of aromatic nitrogens is 4. The van der Waals surface area contributed by atoms with E-state index in [0.717, 1.165) is 0 Å². The molecule has 7 nitrogen and oxygen atoms in total. The van der Waals surface area contributed by atoms with Gasteiger partial charge in [-0.2, -0.15) is 0 Å². The van der Waals surface area contributed by atoms with Crippen molar-refractivity contribution in [2.75, 3.05) is 6.54 Å². The Bertz CT molecular complexity index is 327. The van der Waals surface area contributed by atoms with Crippen LogP contribution in [0.25, 0.3) is 0 Å². The van der Waals surface area contributed by atoms with Crippen molar-refractivity contribution in [1.29, 1.82) is 0 Å². The zero-order valence-corrected chi connectivity index (χ0v) is 9.28. The van der Waals surface area contributed by atoms with Gasteiger partial charge in [0.1, 0.15) is 0 Å². The summed E-state index contributed by atoms with van der Waals surface area (Å²) >= 11 is 1.27. The van der Waals surface area contributed by atoms with Crippen LogP contribution < -0.4 is 11.5 Å². The minimum absolute atomic E-state index is 0.299. The van der Waals surface area contributed by atoms with Gasteiger partial charge in [-0.25, -0.2) is 4.68 Å². The van der Waals surface area contributed by atoms with E-state index < -0.39 is 0 Å². The number of hydrogen-bond donors (Lipinski definition) is 2.